The summed E-state index contributed by atoms with van der Waals surface area (Å²) in [5.41, 5.74) is 7.13. The summed E-state index contributed by atoms with van der Waals surface area (Å²) in [6.07, 6.45) is 0.0317. The van der Waals surface area contributed by atoms with E-state index in [0.29, 0.717) is 54.9 Å². The van der Waals surface area contributed by atoms with Crippen molar-refractivity contribution < 1.29 is 37.9 Å². The zero-order valence-corrected chi connectivity index (χ0v) is 36.5. The fourth-order valence-electron chi connectivity index (χ4n) is 6.02. The molecule has 0 atom stereocenters. The number of hydrogen-bond acceptors (Lipinski definition) is 11. The molecule has 2 aromatic heterocycles. The lowest BCUT2D eigenvalue weighted by molar-refractivity contribution is -0.117. The molecule has 0 spiro atoms. The number of nitrogens with one attached hydrogen (secondary N) is 5. The van der Waals surface area contributed by atoms with Crippen molar-refractivity contribution in [3.63, 3.8) is 0 Å². The van der Waals surface area contributed by atoms with E-state index >= 15 is 0 Å². The number of nitrogens with zero attached hydrogens (tertiary/aromatic N) is 3. The summed E-state index contributed by atoms with van der Waals surface area (Å²) in [6.45, 7) is 15.6. The van der Waals surface area contributed by atoms with Crippen LogP contribution in [-0.4, -0.2) is 68.2 Å². The number of ether oxygens (including phenoxy) is 1. The van der Waals surface area contributed by atoms with Crippen LogP contribution in [0.5, 0.6) is 0 Å². The number of carboxylic acid groups (broad SMARTS) is 1. The van der Waals surface area contributed by atoms with E-state index in [1.54, 1.807) is 45.0 Å². The number of anilines is 6. The molecule has 6 aromatic rings. The summed E-state index contributed by atoms with van der Waals surface area (Å²) < 4.78 is 16.5. The van der Waals surface area contributed by atoms with Crippen molar-refractivity contribution in [2.24, 2.45) is 0 Å². The van der Waals surface area contributed by atoms with Crippen LogP contribution in [0.4, 0.5) is 44.4 Å². The van der Waals surface area contributed by atoms with Gasteiger partial charge in [0.2, 0.25) is 11.8 Å². The predicted octanol–water partition coefficient (Wildman–Crippen LogP) is 10.5. The normalized spacial score (nSPS) is 11.3. The molecular formula is C46H56N8O8. The van der Waals surface area contributed by atoms with Crippen LogP contribution in [0.15, 0.2) is 93.8 Å². The van der Waals surface area contributed by atoms with Crippen molar-refractivity contribution in [3.05, 3.63) is 96.1 Å². The molecule has 0 radical (unpaired) electrons. The number of aromatic nitrogens is 2. The third-order valence-electron chi connectivity index (χ3n) is 9.00. The molecule has 328 valence electrons. The van der Waals surface area contributed by atoms with E-state index in [4.69, 9.17) is 13.6 Å². The van der Waals surface area contributed by atoms with Crippen molar-refractivity contribution in [2.75, 3.05) is 34.4 Å². The number of alkyl carbamates (subject to hydrolysis) is 1. The van der Waals surface area contributed by atoms with Crippen molar-refractivity contribution in [2.45, 2.75) is 92.2 Å². The highest BCUT2D eigenvalue weighted by Gasteiger charge is 2.25. The Labute approximate surface area is 360 Å². The second-order valence-electron chi connectivity index (χ2n) is 16.7. The Balaban J connectivity index is 0.000000234. The Morgan fingerprint density at radius 2 is 1.08 bits per heavy atom. The van der Waals surface area contributed by atoms with E-state index in [2.05, 4.69) is 36.6 Å². The Morgan fingerprint density at radius 1 is 0.645 bits per heavy atom. The molecular weight excluding hydrogens is 793 g/mol. The summed E-state index contributed by atoms with van der Waals surface area (Å²) >= 11 is 0. The van der Waals surface area contributed by atoms with Crippen LogP contribution in [-0.2, 0) is 14.3 Å². The van der Waals surface area contributed by atoms with Crippen molar-refractivity contribution in [1.29, 1.82) is 0 Å². The van der Waals surface area contributed by atoms with Crippen molar-refractivity contribution in [1.82, 2.24) is 20.2 Å². The van der Waals surface area contributed by atoms with Crippen LogP contribution in [0.25, 0.3) is 22.2 Å². The van der Waals surface area contributed by atoms with Crippen molar-refractivity contribution >= 4 is 81.0 Å². The monoisotopic (exact) mass is 848 g/mol. The number of oxazole rings is 2. The Hall–Kier alpha value is -7.10. The summed E-state index contributed by atoms with van der Waals surface area (Å²) in [5, 5.41) is 23.8. The molecule has 0 saturated heterocycles. The Kier molecular flexibility index (Phi) is 15.2. The van der Waals surface area contributed by atoms with Gasteiger partial charge < -0.3 is 50.2 Å². The average Bonchev–Trinajstić information content (AvgIpc) is 3.77. The molecule has 0 unspecified atom stereocenters. The maximum atomic E-state index is 12.2. The second-order valence-corrected chi connectivity index (χ2v) is 16.7. The molecule has 4 aromatic carbocycles. The van der Waals surface area contributed by atoms with Gasteiger partial charge in [0.05, 0.1) is 0 Å². The van der Waals surface area contributed by atoms with Gasteiger partial charge in [-0.05, 0) is 152 Å². The first-order valence-electron chi connectivity index (χ1n) is 20.4. The summed E-state index contributed by atoms with van der Waals surface area (Å²) in [4.78, 5) is 57.4. The number of amides is 4. The summed E-state index contributed by atoms with van der Waals surface area (Å²) in [5.74, 6) is -0.282. The number of benzene rings is 4. The first kappa shape index (κ1) is 46.0. The highest BCUT2D eigenvalue weighted by atomic mass is 16.6. The average molecular weight is 849 g/mol. The minimum absolute atomic E-state index is 0.124. The standard InChI is InChI=1S/2C23H28N4O4/c1-15-7-12-19-18(14-15)26-21(31-19)25-17-10-8-16(9-11-17)24-20(28)6-5-13-27(22(29)30)23(2,3)4;1-15-7-12-19-18(14-15)27-21(30-19)26-17-10-8-16(9-11-17)25-20(28)6-5-13-24-22(29)31-23(2,3)4/h7-12,14H,5-6,13H2,1-4H3,(H,24,28)(H,25,26)(H,29,30);7-12,14H,5-6,13H2,1-4H3,(H,24,29)(H,25,28)(H,26,27). The van der Waals surface area contributed by atoms with Crippen LogP contribution >= 0.6 is 0 Å². The Bertz CT molecular complexity index is 2460. The molecule has 0 bridgehead atoms. The minimum Gasteiger partial charge on any atom is -0.465 e. The first-order chi connectivity index (χ1) is 29.3. The van der Waals surface area contributed by atoms with Gasteiger partial charge in [0.15, 0.2) is 11.2 Å². The van der Waals surface area contributed by atoms with Gasteiger partial charge in [-0.1, -0.05) is 12.1 Å². The second kappa shape index (κ2) is 20.4. The first-order valence-corrected chi connectivity index (χ1v) is 20.4. The molecule has 0 aliphatic carbocycles. The van der Waals surface area contributed by atoms with E-state index < -0.39 is 23.3 Å². The largest absolute Gasteiger partial charge is 0.465 e. The molecule has 6 rings (SSSR count). The maximum absolute atomic E-state index is 12.2. The molecule has 0 saturated carbocycles. The van der Waals surface area contributed by atoms with Gasteiger partial charge in [-0.2, -0.15) is 9.97 Å². The van der Waals surface area contributed by atoms with E-state index in [0.717, 1.165) is 39.1 Å². The lowest BCUT2D eigenvalue weighted by Gasteiger charge is -2.33. The lowest BCUT2D eigenvalue weighted by Crippen LogP contribution is -2.45. The number of rotatable bonds is 14. The van der Waals surface area contributed by atoms with Crippen LogP contribution in [0, 0.1) is 13.8 Å². The third kappa shape index (κ3) is 14.6. The number of hydrogen-bond donors (Lipinski definition) is 6. The molecule has 0 aliphatic rings. The lowest BCUT2D eigenvalue weighted by atomic mass is 10.1. The van der Waals surface area contributed by atoms with Gasteiger partial charge in [0.25, 0.3) is 12.0 Å². The SMILES string of the molecule is Cc1ccc2oc(Nc3ccc(NC(=O)CCCN(C(=O)O)C(C)(C)C)cc3)nc2c1.Cc1ccc2oc(Nc3ccc(NC(=O)CCCNC(=O)OC(C)(C)C)cc3)nc2c1. The molecule has 62 heavy (non-hydrogen) atoms. The molecule has 2 heterocycles. The summed E-state index contributed by atoms with van der Waals surface area (Å²) in [7, 11) is 0. The smallest absolute Gasteiger partial charge is 0.407 e. The fraction of sp³-hybridized carbons (Fsp3) is 0.348. The van der Waals surface area contributed by atoms with Crippen molar-refractivity contribution in [3.8, 4) is 0 Å². The van der Waals surface area contributed by atoms with Gasteiger partial charge in [-0.15, -0.1) is 0 Å². The van der Waals surface area contributed by atoms with E-state index in [1.165, 1.54) is 4.90 Å². The predicted molar refractivity (Wildman–Crippen MR) is 241 cm³/mol. The molecule has 0 aliphatic heterocycles. The molecule has 6 N–H and O–H groups in total. The number of carbonyl (C=O) groups excluding carboxylic acids is 3. The van der Waals surface area contributed by atoms with E-state index in [1.807, 2.05) is 95.3 Å². The highest BCUT2D eigenvalue weighted by molar-refractivity contribution is 5.91. The van der Waals surface area contributed by atoms with Crippen LogP contribution in [0.3, 0.4) is 0 Å². The zero-order valence-electron chi connectivity index (χ0n) is 36.5. The Morgan fingerprint density at radius 3 is 1.50 bits per heavy atom. The van der Waals surface area contributed by atoms with Gasteiger partial charge >= 0.3 is 12.2 Å². The van der Waals surface area contributed by atoms with Gasteiger partial charge in [0.1, 0.15) is 16.6 Å². The van der Waals surface area contributed by atoms with Gasteiger partial charge in [-0.3, -0.25) is 9.59 Å². The highest BCUT2D eigenvalue weighted by Crippen LogP contribution is 2.26. The fourth-order valence-corrected chi connectivity index (χ4v) is 6.02. The third-order valence-corrected chi connectivity index (χ3v) is 9.00. The quantitative estimate of drug-likeness (QED) is 0.0565. The maximum Gasteiger partial charge on any atom is 0.407 e. The van der Waals surface area contributed by atoms with Gasteiger partial charge in [-0.25, -0.2) is 9.59 Å². The van der Waals surface area contributed by atoms with E-state index in [-0.39, 0.29) is 24.7 Å². The van der Waals surface area contributed by atoms with Crippen LogP contribution in [0.2, 0.25) is 0 Å². The topological polar surface area (TPSA) is 213 Å². The number of carbonyl (C=O) groups is 4. The number of fused-ring (bicyclic) bond motifs is 2. The molecule has 0 fully saturated rings. The summed E-state index contributed by atoms with van der Waals surface area (Å²) in [6, 6.07) is 26.9. The van der Waals surface area contributed by atoms with E-state index in [9.17, 15) is 24.3 Å². The molecule has 16 nitrogen and oxygen atoms in total. The molecule has 16 heteroatoms. The van der Waals surface area contributed by atoms with Gasteiger partial charge in [0, 0.05) is 54.2 Å². The van der Waals surface area contributed by atoms with Crippen LogP contribution in [0.1, 0.15) is 78.4 Å². The van der Waals surface area contributed by atoms with Crippen LogP contribution < -0.4 is 26.6 Å². The number of aryl methyl sites for hydroxylation is 2. The zero-order chi connectivity index (χ0) is 45.0. The minimum atomic E-state index is -0.981. The molecule has 4 amide bonds.